The van der Waals surface area contributed by atoms with Crippen molar-refractivity contribution in [2.45, 2.75) is 11.8 Å². The van der Waals surface area contributed by atoms with Gasteiger partial charge in [-0.15, -0.1) is 0 Å². The summed E-state index contributed by atoms with van der Waals surface area (Å²) in [6.45, 7) is 1.92. The predicted molar refractivity (Wildman–Crippen MR) is 118 cm³/mol. The van der Waals surface area contributed by atoms with E-state index in [0.717, 1.165) is 22.6 Å². The summed E-state index contributed by atoms with van der Waals surface area (Å²) in [4.78, 5) is 9.08. The molecule has 0 aliphatic carbocycles. The largest absolute Gasteiger partial charge is 0.491 e. The Morgan fingerprint density at radius 3 is 2.42 bits per heavy atom. The molecule has 1 N–H and O–H groups in total. The average Bonchev–Trinajstić information content (AvgIpc) is 3.21. The minimum atomic E-state index is -3.79. The Morgan fingerprint density at radius 2 is 1.71 bits per heavy atom. The zero-order valence-electron chi connectivity index (χ0n) is 17.1. The molecular weight excluding hydrogens is 416 g/mol. The number of hydrogen-bond donors (Lipinski definition) is 1. The maximum Gasteiger partial charge on any atom is 0.297 e. The number of hydrogen-bond acceptors (Lipinski definition) is 7. The molecule has 0 amide bonds. The van der Waals surface area contributed by atoms with Crippen molar-refractivity contribution in [3.05, 3.63) is 72.6 Å². The highest BCUT2D eigenvalue weighted by Crippen LogP contribution is 2.22. The van der Waals surface area contributed by atoms with Crippen LogP contribution in [-0.4, -0.2) is 43.0 Å². The zero-order valence-corrected chi connectivity index (χ0v) is 18.0. The summed E-state index contributed by atoms with van der Waals surface area (Å²) >= 11 is 0. The number of aromatic nitrogens is 3. The molecular formula is C22H22N4O4S. The molecule has 31 heavy (non-hydrogen) atoms. The molecule has 0 radical (unpaired) electrons. The number of benzene rings is 2. The number of fused-ring (bicyclic) bond motifs is 1. The summed E-state index contributed by atoms with van der Waals surface area (Å²) in [5.74, 6) is 1.97. The van der Waals surface area contributed by atoms with Crippen LogP contribution in [0.15, 0.2) is 71.9 Å². The van der Waals surface area contributed by atoms with Crippen LogP contribution in [0.25, 0.3) is 17.0 Å². The molecule has 2 aromatic heterocycles. The van der Waals surface area contributed by atoms with E-state index in [1.54, 1.807) is 24.3 Å². The van der Waals surface area contributed by atoms with Gasteiger partial charge in [-0.3, -0.25) is 8.58 Å². The smallest absolute Gasteiger partial charge is 0.297 e. The summed E-state index contributed by atoms with van der Waals surface area (Å²) < 4.78 is 36.8. The van der Waals surface area contributed by atoms with Crippen LogP contribution in [0.5, 0.6) is 5.75 Å². The van der Waals surface area contributed by atoms with E-state index < -0.39 is 10.1 Å². The third-order valence-corrected chi connectivity index (χ3v) is 5.96. The van der Waals surface area contributed by atoms with E-state index >= 15 is 0 Å². The van der Waals surface area contributed by atoms with Crippen molar-refractivity contribution < 1.29 is 17.3 Å². The van der Waals surface area contributed by atoms with Gasteiger partial charge in [0.15, 0.2) is 0 Å². The van der Waals surface area contributed by atoms with E-state index in [4.69, 9.17) is 8.92 Å². The molecule has 8 nitrogen and oxygen atoms in total. The Balaban J connectivity index is 1.34. The molecule has 0 bridgehead atoms. The van der Waals surface area contributed by atoms with Crippen molar-refractivity contribution >= 4 is 21.7 Å². The fourth-order valence-electron chi connectivity index (χ4n) is 2.95. The normalized spacial score (nSPS) is 11.5. The van der Waals surface area contributed by atoms with Gasteiger partial charge in [-0.25, -0.2) is 4.98 Å². The van der Waals surface area contributed by atoms with Crippen molar-refractivity contribution in [2.24, 2.45) is 0 Å². The molecule has 4 aromatic rings. The maximum atomic E-state index is 12.2. The van der Waals surface area contributed by atoms with Crippen molar-refractivity contribution in [3.8, 4) is 17.0 Å². The second-order valence-electron chi connectivity index (χ2n) is 6.86. The van der Waals surface area contributed by atoms with Crippen LogP contribution in [0.3, 0.4) is 0 Å². The highest BCUT2D eigenvalue weighted by atomic mass is 32.2. The Hall–Kier alpha value is -3.43. The summed E-state index contributed by atoms with van der Waals surface area (Å²) in [6, 6.07) is 15.8. The number of ether oxygens (including phenoxy) is 1. The first kappa shape index (κ1) is 20.8. The topological polar surface area (TPSA) is 94.8 Å². The fourth-order valence-corrected chi connectivity index (χ4v) is 3.84. The van der Waals surface area contributed by atoms with Crippen LogP contribution in [0.1, 0.15) is 5.56 Å². The third kappa shape index (κ3) is 4.84. The number of nitrogens with zero attached hydrogens (tertiary/aromatic N) is 3. The lowest BCUT2D eigenvalue weighted by Gasteiger charge is -2.08. The van der Waals surface area contributed by atoms with Gasteiger partial charge >= 0.3 is 0 Å². The van der Waals surface area contributed by atoms with Crippen LogP contribution in [-0.2, 0) is 14.3 Å². The van der Waals surface area contributed by atoms with Crippen molar-refractivity contribution in [1.29, 1.82) is 0 Å². The van der Waals surface area contributed by atoms with Crippen LogP contribution < -0.4 is 10.1 Å². The molecule has 160 valence electrons. The van der Waals surface area contributed by atoms with Gasteiger partial charge < -0.3 is 10.1 Å². The number of imidazole rings is 1. The van der Waals surface area contributed by atoms with Crippen LogP contribution in [0.2, 0.25) is 0 Å². The summed E-state index contributed by atoms with van der Waals surface area (Å²) in [6.07, 6.45) is 3.80. The molecule has 0 aliphatic rings. The highest BCUT2D eigenvalue weighted by molar-refractivity contribution is 7.86. The molecule has 2 aromatic carbocycles. The molecule has 0 saturated heterocycles. The molecule has 0 unspecified atom stereocenters. The second-order valence-corrected chi connectivity index (χ2v) is 8.47. The van der Waals surface area contributed by atoms with Gasteiger partial charge in [0.2, 0.25) is 5.78 Å². The summed E-state index contributed by atoms with van der Waals surface area (Å²) in [5, 5.41) is 2.99. The van der Waals surface area contributed by atoms with E-state index in [9.17, 15) is 8.42 Å². The number of aryl methyl sites for hydroxylation is 1. The lowest BCUT2D eigenvalue weighted by Crippen LogP contribution is -2.13. The molecule has 0 atom stereocenters. The second kappa shape index (κ2) is 8.75. The Kier molecular flexibility index (Phi) is 5.88. The van der Waals surface area contributed by atoms with Gasteiger partial charge in [0.1, 0.15) is 24.8 Å². The molecule has 2 heterocycles. The monoisotopic (exact) mass is 438 g/mol. The SMILES string of the molecule is CNc1ccn2cc(-c3ccc(OCCOS(=O)(=O)c4ccc(C)cc4)cc3)nc2n1. The lowest BCUT2D eigenvalue weighted by atomic mass is 10.2. The van der Waals surface area contributed by atoms with Crippen molar-refractivity contribution in [3.63, 3.8) is 0 Å². The molecule has 4 rings (SSSR count). The maximum absolute atomic E-state index is 12.2. The highest BCUT2D eigenvalue weighted by Gasteiger charge is 2.14. The Bertz CT molecular complexity index is 1280. The van der Waals surface area contributed by atoms with Gasteiger partial charge in [0.25, 0.3) is 10.1 Å². The summed E-state index contributed by atoms with van der Waals surface area (Å²) in [5.41, 5.74) is 2.69. The van der Waals surface area contributed by atoms with Crippen LogP contribution >= 0.6 is 0 Å². The van der Waals surface area contributed by atoms with E-state index in [0.29, 0.717) is 11.5 Å². The average molecular weight is 439 g/mol. The molecule has 0 saturated carbocycles. The van der Waals surface area contributed by atoms with E-state index in [1.807, 2.05) is 49.0 Å². The predicted octanol–water partition coefficient (Wildman–Crippen LogP) is 3.53. The van der Waals surface area contributed by atoms with Gasteiger partial charge in [0, 0.05) is 25.0 Å². The minimum absolute atomic E-state index is 0.0795. The Morgan fingerprint density at radius 1 is 0.968 bits per heavy atom. The van der Waals surface area contributed by atoms with Crippen LogP contribution in [0.4, 0.5) is 5.82 Å². The lowest BCUT2D eigenvalue weighted by molar-refractivity contribution is 0.221. The van der Waals surface area contributed by atoms with Gasteiger partial charge in [-0.1, -0.05) is 17.7 Å². The van der Waals surface area contributed by atoms with Crippen molar-refractivity contribution in [1.82, 2.24) is 14.4 Å². The van der Waals surface area contributed by atoms with Crippen molar-refractivity contribution in [2.75, 3.05) is 25.6 Å². The van der Waals surface area contributed by atoms with Gasteiger partial charge in [-0.05, 0) is 49.4 Å². The van der Waals surface area contributed by atoms with Crippen LogP contribution in [0, 0.1) is 6.92 Å². The quantitative estimate of drug-likeness (QED) is 0.332. The van der Waals surface area contributed by atoms with E-state index in [2.05, 4.69) is 15.3 Å². The number of rotatable bonds is 8. The standard InChI is InChI=1S/C22H22N4O4S/c1-16-3-9-19(10-4-16)31(27,28)30-14-13-29-18-7-5-17(6-8-18)20-15-26-12-11-21(23-2)25-22(26)24-20/h3-12,15H,13-14H2,1-2H3,(H,23,24,25). The Labute approximate surface area is 180 Å². The van der Waals surface area contributed by atoms with E-state index in [1.165, 1.54) is 12.1 Å². The number of nitrogens with one attached hydrogen (secondary N) is 1. The van der Waals surface area contributed by atoms with E-state index in [-0.39, 0.29) is 18.1 Å². The first-order valence-electron chi connectivity index (χ1n) is 9.67. The fraction of sp³-hybridized carbons (Fsp3) is 0.182. The first-order valence-corrected chi connectivity index (χ1v) is 11.1. The molecule has 0 spiro atoms. The molecule has 0 fully saturated rings. The number of anilines is 1. The third-order valence-electron chi connectivity index (χ3n) is 4.63. The first-order chi connectivity index (χ1) is 14.9. The van der Waals surface area contributed by atoms with Gasteiger partial charge in [0.05, 0.1) is 10.6 Å². The zero-order chi connectivity index (χ0) is 21.8. The minimum Gasteiger partial charge on any atom is -0.491 e. The van der Waals surface area contributed by atoms with Gasteiger partial charge in [-0.2, -0.15) is 13.4 Å². The summed E-state index contributed by atoms with van der Waals surface area (Å²) in [7, 11) is -1.98. The molecule has 0 aliphatic heterocycles. The molecule has 9 heteroatoms.